The van der Waals surface area contributed by atoms with Crippen LogP contribution in [0.5, 0.6) is 0 Å². The molecule has 0 bridgehead atoms. The average molecular weight is 588 g/mol. The summed E-state index contributed by atoms with van der Waals surface area (Å²) in [5.74, 6) is 6.29. The number of aromatic nitrogens is 1. The molecule has 1 aliphatic rings. The molecule has 0 saturated heterocycles. The third-order valence-electron chi connectivity index (χ3n) is 6.76. The second-order valence-electron chi connectivity index (χ2n) is 11.9. The highest BCUT2D eigenvalue weighted by Crippen LogP contribution is 2.46. The maximum atomic E-state index is 13.6. The molecule has 0 saturated carbocycles. The standard InChI is InChI=1S/C32H31N3O5S.H2O/c1-18-14-20(30(37)34-31(2,3)4)16-21(33-18)10-8-19-9-12-24-26(15-19)40-29-27(24)28(36)23-13-11-22(35-41(7,38)39)17-25(23)32(29,5)6;/h9,11-17,35H,1-7H3,(H,34,37);1H2. The van der Waals surface area contributed by atoms with Crippen LogP contribution in [0.25, 0.3) is 11.0 Å². The second kappa shape index (κ2) is 10.4. The molecule has 42 heavy (non-hydrogen) atoms. The summed E-state index contributed by atoms with van der Waals surface area (Å²) in [6, 6.07) is 13.8. The van der Waals surface area contributed by atoms with E-state index < -0.39 is 15.4 Å². The number of nitrogens with one attached hydrogen (secondary N) is 2. The van der Waals surface area contributed by atoms with Gasteiger partial charge in [-0.3, -0.25) is 14.3 Å². The average Bonchev–Trinajstić information content (AvgIpc) is 3.24. The molecule has 2 aromatic carbocycles. The van der Waals surface area contributed by atoms with Gasteiger partial charge in [-0.1, -0.05) is 5.92 Å². The zero-order valence-electron chi connectivity index (χ0n) is 24.5. The van der Waals surface area contributed by atoms with Crippen LogP contribution in [0, 0.1) is 18.8 Å². The number of aryl methyl sites for hydroxylation is 1. The van der Waals surface area contributed by atoms with Crippen LogP contribution in [0.15, 0.2) is 52.9 Å². The van der Waals surface area contributed by atoms with Crippen LogP contribution in [0.1, 0.15) is 89.2 Å². The van der Waals surface area contributed by atoms with E-state index >= 15 is 0 Å². The van der Waals surface area contributed by atoms with Crippen LogP contribution in [0.3, 0.4) is 0 Å². The fourth-order valence-electron chi connectivity index (χ4n) is 5.05. The molecule has 0 radical (unpaired) electrons. The lowest BCUT2D eigenvalue weighted by Gasteiger charge is -2.31. The van der Waals surface area contributed by atoms with Crippen molar-refractivity contribution in [3.63, 3.8) is 0 Å². The molecule has 0 fully saturated rings. The van der Waals surface area contributed by atoms with Gasteiger partial charge < -0.3 is 15.2 Å². The summed E-state index contributed by atoms with van der Waals surface area (Å²) >= 11 is 0. The van der Waals surface area contributed by atoms with E-state index in [9.17, 15) is 18.0 Å². The zero-order chi connectivity index (χ0) is 29.9. The van der Waals surface area contributed by atoms with E-state index in [0.717, 1.165) is 6.26 Å². The number of hydrogen-bond acceptors (Lipinski definition) is 6. The summed E-state index contributed by atoms with van der Waals surface area (Å²) in [5.41, 5.74) is 3.81. The van der Waals surface area contributed by atoms with Gasteiger partial charge in [0, 0.05) is 44.4 Å². The molecule has 0 aliphatic heterocycles. The highest BCUT2D eigenvalue weighted by molar-refractivity contribution is 7.92. The molecule has 1 amide bonds. The Morgan fingerprint density at radius 3 is 2.40 bits per heavy atom. The van der Waals surface area contributed by atoms with Gasteiger partial charge in [-0.05, 0) is 102 Å². The first-order valence-corrected chi connectivity index (χ1v) is 15.0. The van der Waals surface area contributed by atoms with Crippen molar-refractivity contribution in [2.24, 2.45) is 0 Å². The fraction of sp³-hybridized carbons (Fsp3) is 0.281. The van der Waals surface area contributed by atoms with Gasteiger partial charge in [0.2, 0.25) is 10.0 Å². The minimum Gasteiger partial charge on any atom is -0.459 e. The lowest BCUT2D eigenvalue weighted by atomic mass is 9.71. The van der Waals surface area contributed by atoms with E-state index in [1.165, 1.54) is 0 Å². The molecule has 2 aromatic heterocycles. The number of nitrogens with zero attached hydrogens (tertiary/aromatic N) is 1. The Bertz CT molecular complexity index is 1940. The number of hydrogen-bond donors (Lipinski definition) is 2. The summed E-state index contributed by atoms with van der Waals surface area (Å²) in [7, 11) is -3.48. The zero-order valence-corrected chi connectivity index (χ0v) is 25.3. The first kappa shape index (κ1) is 30.5. The van der Waals surface area contributed by atoms with E-state index in [-0.39, 0.29) is 22.7 Å². The van der Waals surface area contributed by atoms with Crippen molar-refractivity contribution >= 4 is 38.4 Å². The van der Waals surface area contributed by atoms with Gasteiger partial charge in [0.05, 0.1) is 11.8 Å². The van der Waals surface area contributed by atoms with Crippen LogP contribution in [-0.2, 0) is 15.4 Å². The number of carbonyl (C=O) groups is 2. The minimum atomic E-state index is -3.48. The molecule has 4 aromatic rings. The maximum Gasteiger partial charge on any atom is 0.251 e. The van der Waals surface area contributed by atoms with Crippen molar-refractivity contribution in [2.45, 2.75) is 52.5 Å². The first-order valence-electron chi connectivity index (χ1n) is 13.1. The molecule has 5 rings (SSSR count). The fourth-order valence-corrected chi connectivity index (χ4v) is 5.60. The third kappa shape index (κ3) is 5.93. The molecule has 2 heterocycles. The van der Waals surface area contributed by atoms with Gasteiger partial charge in [-0.15, -0.1) is 0 Å². The Hall–Kier alpha value is -4.46. The molecule has 9 nitrogen and oxygen atoms in total. The Labute approximate surface area is 245 Å². The number of furan rings is 1. The smallest absolute Gasteiger partial charge is 0.251 e. The van der Waals surface area contributed by atoms with E-state index in [1.807, 2.05) is 53.7 Å². The second-order valence-corrected chi connectivity index (χ2v) is 13.7. The Kier molecular flexibility index (Phi) is 7.57. The van der Waals surface area contributed by atoms with Crippen LogP contribution in [0.4, 0.5) is 5.69 Å². The van der Waals surface area contributed by atoms with Crippen molar-refractivity contribution in [3.05, 3.63) is 93.5 Å². The van der Waals surface area contributed by atoms with Crippen molar-refractivity contribution in [1.29, 1.82) is 0 Å². The van der Waals surface area contributed by atoms with Gasteiger partial charge in [-0.2, -0.15) is 0 Å². The topological polar surface area (TPSA) is 150 Å². The van der Waals surface area contributed by atoms with Crippen LogP contribution < -0.4 is 10.0 Å². The number of carbonyl (C=O) groups excluding carboxylic acids is 2. The Morgan fingerprint density at radius 1 is 1.02 bits per heavy atom. The molecular formula is C32H33N3O6S. The van der Waals surface area contributed by atoms with Crippen molar-refractivity contribution in [3.8, 4) is 11.8 Å². The van der Waals surface area contributed by atoms with Crippen LogP contribution in [0.2, 0.25) is 0 Å². The normalized spacial score (nSPS) is 13.7. The van der Waals surface area contributed by atoms with E-state index in [4.69, 9.17) is 4.42 Å². The number of pyridine rings is 1. The van der Waals surface area contributed by atoms with E-state index in [2.05, 4.69) is 26.9 Å². The van der Waals surface area contributed by atoms with E-state index in [0.29, 0.717) is 61.6 Å². The predicted octanol–water partition coefficient (Wildman–Crippen LogP) is 4.48. The molecule has 0 spiro atoms. The summed E-state index contributed by atoms with van der Waals surface area (Å²) in [6.45, 7) is 11.5. The Balaban J connectivity index is 0.00000405. The molecule has 0 unspecified atom stereocenters. The molecule has 0 atom stereocenters. The van der Waals surface area contributed by atoms with Crippen LogP contribution in [-0.4, -0.2) is 42.4 Å². The van der Waals surface area contributed by atoms with Gasteiger partial charge >= 0.3 is 0 Å². The number of amides is 1. The maximum absolute atomic E-state index is 13.6. The first-order chi connectivity index (χ1) is 19.0. The molecule has 1 aliphatic carbocycles. The third-order valence-corrected chi connectivity index (χ3v) is 7.37. The molecular weight excluding hydrogens is 554 g/mol. The highest BCUT2D eigenvalue weighted by Gasteiger charge is 2.41. The number of fused-ring (bicyclic) bond motifs is 4. The lowest BCUT2D eigenvalue weighted by Crippen LogP contribution is -2.40. The lowest BCUT2D eigenvalue weighted by molar-refractivity contribution is 0.0918. The van der Waals surface area contributed by atoms with Gasteiger partial charge in [0.1, 0.15) is 17.0 Å². The van der Waals surface area contributed by atoms with E-state index in [1.54, 1.807) is 36.4 Å². The number of anilines is 1. The molecule has 4 N–H and O–H groups in total. The summed E-state index contributed by atoms with van der Waals surface area (Å²) < 4.78 is 32.3. The van der Waals surface area contributed by atoms with Crippen molar-refractivity contribution < 1.29 is 27.9 Å². The molecule has 10 heteroatoms. The van der Waals surface area contributed by atoms with Gasteiger partial charge in [0.25, 0.3) is 5.91 Å². The summed E-state index contributed by atoms with van der Waals surface area (Å²) in [6.07, 6.45) is 1.08. The summed E-state index contributed by atoms with van der Waals surface area (Å²) in [5, 5.41) is 3.63. The van der Waals surface area contributed by atoms with Gasteiger partial charge in [0.15, 0.2) is 5.78 Å². The number of ketones is 1. The highest BCUT2D eigenvalue weighted by atomic mass is 32.2. The largest absolute Gasteiger partial charge is 0.459 e. The monoisotopic (exact) mass is 587 g/mol. The predicted molar refractivity (Wildman–Crippen MR) is 162 cm³/mol. The number of sulfonamides is 1. The minimum absolute atomic E-state index is 0. The summed E-state index contributed by atoms with van der Waals surface area (Å²) in [4.78, 5) is 30.7. The Morgan fingerprint density at radius 2 is 1.74 bits per heavy atom. The van der Waals surface area contributed by atoms with Crippen molar-refractivity contribution in [1.82, 2.24) is 10.3 Å². The van der Waals surface area contributed by atoms with Crippen molar-refractivity contribution in [2.75, 3.05) is 11.0 Å². The molecule has 218 valence electrons. The van der Waals surface area contributed by atoms with Crippen LogP contribution >= 0.6 is 0 Å². The quantitative estimate of drug-likeness (QED) is 0.338. The number of benzene rings is 2. The number of rotatable bonds is 3. The SMILES string of the molecule is Cc1cc(C(=O)NC(C)(C)C)cc(C#Cc2ccc3c4c(oc3c2)C(C)(C)c2cc(NS(C)(=O)=O)ccc2C4=O)n1.O. The van der Waals surface area contributed by atoms with Gasteiger partial charge in [-0.25, -0.2) is 13.4 Å².